The Labute approximate surface area is 212 Å². The van der Waals surface area contributed by atoms with Gasteiger partial charge in [-0.05, 0) is 37.0 Å². The van der Waals surface area contributed by atoms with Gasteiger partial charge in [0.25, 0.3) is 0 Å². The molecule has 0 saturated carbocycles. The molecular weight excluding hydrogens is 526 g/mol. The van der Waals surface area contributed by atoms with Gasteiger partial charge >= 0.3 is 5.97 Å². The molecule has 2 unspecified atom stereocenters. The second kappa shape index (κ2) is 13.0. The molecule has 8 nitrogen and oxygen atoms in total. The van der Waals surface area contributed by atoms with Crippen LogP contribution in [0.5, 0.6) is 0 Å². The number of hydrogen-bond donors (Lipinski definition) is 2. The summed E-state index contributed by atoms with van der Waals surface area (Å²) in [6.07, 6.45) is 5.69. The number of carboxylic acid groups (broad SMARTS) is 1. The standard InChI is InChI=1S/C20H23Cl2N4O4PS2/c21-13-4-5-14(22)20-19(13)32-15(11-27)18(33-20)12(8-17(28)29)9-23-30-7-3-1-2-6-26-10-16(31)24-25-26/h4-5,9-10,15,27H,1-3,6-8,11,31H2,(H,28,29)/b18-12-,23-9+. The molecule has 2 atom stereocenters. The van der Waals surface area contributed by atoms with Crippen LogP contribution in [0.15, 0.2) is 43.8 Å². The number of hydrogen-bond acceptors (Lipinski definition) is 8. The summed E-state index contributed by atoms with van der Waals surface area (Å²) in [7, 11) is 2.51. The third-order valence-corrected chi connectivity index (χ3v) is 8.69. The van der Waals surface area contributed by atoms with Crippen LogP contribution in [0.25, 0.3) is 0 Å². The zero-order valence-corrected chi connectivity index (χ0v) is 21.8. The molecular formula is C20H23Cl2N4O4PS2. The highest BCUT2D eigenvalue weighted by molar-refractivity contribution is 8.09. The number of aryl methyl sites for hydroxylation is 1. The van der Waals surface area contributed by atoms with Crippen molar-refractivity contribution < 1.29 is 19.8 Å². The van der Waals surface area contributed by atoms with Crippen molar-refractivity contribution in [1.82, 2.24) is 15.0 Å². The first kappa shape index (κ1) is 26.3. The van der Waals surface area contributed by atoms with E-state index in [4.69, 9.17) is 28.0 Å². The molecule has 1 aliphatic rings. The van der Waals surface area contributed by atoms with Crippen molar-refractivity contribution >= 4 is 73.6 Å². The molecule has 33 heavy (non-hydrogen) atoms. The van der Waals surface area contributed by atoms with Gasteiger partial charge in [0, 0.05) is 21.2 Å². The molecule has 0 fully saturated rings. The van der Waals surface area contributed by atoms with Gasteiger partial charge in [0.05, 0.1) is 46.2 Å². The van der Waals surface area contributed by atoms with Crippen molar-refractivity contribution in [3.05, 3.63) is 38.9 Å². The number of nitrogens with zero attached hydrogens (tertiary/aromatic N) is 4. The maximum Gasteiger partial charge on any atom is 0.307 e. The first-order chi connectivity index (χ1) is 15.9. The Morgan fingerprint density at radius 2 is 2.03 bits per heavy atom. The van der Waals surface area contributed by atoms with Crippen molar-refractivity contribution in [3.8, 4) is 0 Å². The summed E-state index contributed by atoms with van der Waals surface area (Å²) in [6, 6.07) is 3.41. The highest BCUT2D eigenvalue weighted by Crippen LogP contribution is 2.53. The summed E-state index contributed by atoms with van der Waals surface area (Å²) in [5.41, 5.74) is 1.27. The highest BCUT2D eigenvalue weighted by Gasteiger charge is 2.30. The summed E-state index contributed by atoms with van der Waals surface area (Å²) < 4.78 is 1.79. The average Bonchev–Trinajstić information content (AvgIpc) is 3.21. The fraction of sp³-hybridized carbons (Fsp3) is 0.400. The number of oxime groups is 1. The van der Waals surface area contributed by atoms with Crippen molar-refractivity contribution in [2.45, 2.75) is 47.3 Å². The molecule has 3 rings (SSSR count). The maximum absolute atomic E-state index is 11.5. The van der Waals surface area contributed by atoms with Crippen LogP contribution in [0.4, 0.5) is 0 Å². The predicted octanol–water partition coefficient (Wildman–Crippen LogP) is 4.25. The molecule has 0 radical (unpaired) electrons. The third kappa shape index (κ3) is 7.60. The fourth-order valence-corrected chi connectivity index (χ4v) is 6.56. The number of aliphatic carboxylic acids is 1. The molecule has 0 bridgehead atoms. The number of aromatic nitrogens is 3. The lowest BCUT2D eigenvalue weighted by atomic mass is 10.1. The van der Waals surface area contributed by atoms with Gasteiger partial charge in [-0.2, -0.15) is 0 Å². The van der Waals surface area contributed by atoms with Crippen LogP contribution in [-0.4, -0.2) is 55.9 Å². The van der Waals surface area contributed by atoms with E-state index in [1.807, 2.05) is 6.20 Å². The van der Waals surface area contributed by atoms with E-state index in [0.717, 1.165) is 41.0 Å². The van der Waals surface area contributed by atoms with E-state index in [2.05, 4.69) is 24.7 Å². The average molecular weight is 549 g/mol. The quantitative estimate of drug-likeness (QED) is 0.185. The highest BCUT2D eigenvalue weighted by atomic mass is 35.5. The molecule has 1 aromatic carbocycles. The summed E-state index contributed by atoms with van der Waals surface area (Å²) >= 11 is 15.3. The second-order valence-electron chi connectivity index (χ2n) is 7.07. The van der Waals surface area contributed by atoms with Crippen molar-refractivity contribution in [2.24, 2.45) is 5.16 Å². The number of fused-ring (bicyclic) bond motifs is 1. The van der Waals surface area contributed by atoms with Crippen LogP contribution in [-0.2, 0) is 16.2 Å². The van der Waals surface area contributed by atoms with Gasteiger partial charge in [0.2, 0.25) is 0 Å². The number of rotatable bonds is 11. The molecule has 0 spiro atoms. The normalized spacial score (nSPS) is 17.3. The zero-order chi connectivity index (χ0) is 23.8. The number of carboxylic acids is 1. The zero-order valence-electron chi connectivity index (χ0n) is 17.5. The summed E-state index contributed by atoms with van der Waals surface area (Å²) in [5.74, 6) is -1.00. The molecule has 178 valence electrons. The van der Waals surface area contributed by atoms with Gasteiger partial charge in [-0.15, -0.1) is 16.9 Å². The van der Waals surface area contributed by atoms with E-state index < -0.39 is 5.97 Å². The summed E-state index contributed by atoms with van der Waals surface area (Å²) in [4.78, 5) is 19.0. The fourth-order valence-electron chi connectivity index (χ4n) is 3.04. The molecule has 1 aliphatic heterocycles. The van der Waals surface area contributed by atoms with E-state index >= 15 is 0 Å². The SMILES string of the molecule is O=C(O)CC(/C=N/OCCCCCn1cc(P)nn1)=C1/Sc2c(Cl)ccc(Cl)c2SC1CO. The third-order valence-electron chi connectivity index (χ3n) is 4.57. The maximum atomic E-state index is 11.5. The number of carbonyl (C=O) groups is 1. The van der Waals surface area contributed by atoms with Gasteiger partial charge in [-0.25, -0.2) is 0 Å². The Morgan fingerprint density at radius 3 is 2.70 bits per heavy atom. The van der Waals surface area contributed by atoms with Crippen molar-refractivity contribution in [1.29, 1.82) is 0 Å². The molecule has 0 amide bonds. The van der Waals surface area contributed by atoms with Crippen LogP contribution >= 0.6 is 56.0 Å². The van der Waals surface area contributed by atoms with Crippen LogP contribution < -0.4 is 5.44 Å². The number of halogens is 2. The van der Waals surface area contributed by atoms with Crippen LogP contribution in [0, 0.1) is 0 Å². The lowest BCUT2D eigenvalue weighted by Crippen LogP contribution is -2.17. The second-order valence-corrected chi connectivity index (χ2v) is 10.7. The van der Waals surface area contributed by atoms with Gasteiger partial charge in [-0.1, -0.05) is 54.6 Å². The number of benzene rings is 1. The molecule has 13 heteroatoms. The minimum atomic E-state index is -1.00. The van der Waals surface area contributed by atoms with Crippen molar-refractivity contribution in [3.63, 3.8) is 0 Å². The van der Waals surface area contributed by atoms with Crippen LogP contribution in [0.1, 0.15) is 25.7 Å². The lowest BCUT2D eigenvalue weighted by Gasteiger charge is -2.28. The Balaban J connectivity index is 1.61. The van der Waals surface area contributed by atoms with Crippen molar-refractivity contribution in [2.75, 3.05) is 13.2 Å². The summed E-state index contributed by atoms with van der Waals surface area (Å²) in [6.45, 7) is 1.01. The first-order valence-corrected chi connectivity index (χ1v) is 13.1. The summed E-state index contributed by atoms with van der Waals surface area (Å²) in [5, 5.41) is 31.9. The first-order valence-electron chi connectivity index (χ1n) is 10.1. The van der Waals surface area contributed by atoms with E-state index in [0.29, 0.717) is 27.1 Å². The molecule has 0 aliphatic carbocycles. The van der Waals surface area contributed by atoms with Gasteiger partial charge in [-0.3, -0.25) is 9.48 Å². The topological polar surface area (TPSA) is 110 Å². The Bertz CT molecular complexity index is 1050. The van der Waals surface area contributed by atoms with E-state index in [-0.39, 0.29) is 18.3 Å². The van der Waals surface area contributed by atoms with E-state index in [9.17, 15) is 15.0 Å². The minimum absolute atomic E-state index is 0.183. The van der Waals surface area contributed by atoms with Crippen LogP contribution in [0.2, 0.25) is 10.0 Å². The monoisotopic (exact) mass is 548 g/mol. The van der Waals surface area contributed by atoms with Crippen LogP contribution in [0.3, 0.4) is 0 Å². The molecule has 0 saturated heterocycles. The Hall–Kier alpha value is -1.29. The van der Waals surface area contributed by atoms with Gasteiger partial charge in [0.1, 0.15) is 6.61 Å². The number of unbranched alkanes of at least 4 members (excludes halogenated alkanes) is 2. The molecule has 2 heterocycles. The van der Waals surface area contributed by atoms with Gasteiger partial charge < -0.3 is 15.1 Å². The largest absolute Gasteiger partial charge is 0.481 e. The minimum Gasteiger partial charge on any atom is -0.481 e. The van der Waals surface area contributed by atoms with Gasteiger partial charge in [0.15, 0.2) is 0 Å². The number of aliphatic hydroxyl groups is 1. The van der Waals surface area contributed by atoms with E-state index in [1.165, 1.54) is 29.7 Å². The number of thioether (sulfide) groups is 2. The molecule has 1 aromatic heterocycles. The number of aliphatic hydroxyl groups excluding tert-OH is 1. The Morgan fingerprint density at radius 1 is 1.27 bits per heavy atom. The molecule has 2 aromatic rings. The molecule has 2 N–H and O–H groups in total. The predicted molar refractivity (Wildman–Crippen MR) is 136 cm³/mol. The Kier molecular flexibility index (Phi) is 10.3. The lowest BCUT2D eigenvalue weighted by molar-refractivity contribution is -0.136. The smallest absolute Gasteiger partial charge is 0.307 e. The van der Waals surface area contributed by atoms with E-state index in [1.54, 1.807) is 16.8 Å².